The first-order valence-corrected chi connectivity index (χ1v) is 10.6. The maximum Gasteiger partial charge on any atom is 0.327 e. The molecule has 0 aromatic rings. The molecule has 0 N–H and O–H groups in total. The summed E-state index contributed by atoms with van der Waals surface area (Å²) in [6.07, 6.45) is 5.92. The van der Waals surface area contributed by atoms with Crippen LogP contribution in [0, 0.1) is 23.7 Å². The molecule has 2 aliphatic heterocycles. The van der Waals surface area contributed by atoms with Gasteiger partial charge in [0.1, 0.15) is 6.04 Å². The van der Waals surface area contributed by atoms with Crippen molar-refractivity contribution in [3.63, 3.8) is 0 Å². The summed E-state index contributed by atoms with van der Waals surface area (Å²) in [6, 6.07) is -0.977. The van der Waals surface area contributed by atoms with Gasteiger partial charge >= 0.3 is 6.03 Å². The molecule has 6 unspecified atom stereocenters. The minimum atomic E-state index is -3.21. The van der Waals surface area contributed by atoms with E-state index in [0.717, 1.165) is 18.8 Å². The number of nitrogens with zero attached hydrogens (tertiary/aromatic N) is 2. The summed E-state index contributed by atoms with van der Waals surface area (Å²) >= 11 is 0. The highest BCUT2D eigenvalue weighted by Crippen LogP contribution is 2.60. The lowest BCUT2D eigenvalue weighted by molar-refractivity contribution is -0.130. The second-order valence-corrected chi connectivity index (χ2v) is 10.3. The molecule has 3 amide bonds. The highest BCUT2D eigenvalue weighted by molar-refractivity contribution is 7.91. The third-order valence-electron chi connectivity index (χ3n) is 7.13. The summed E-state index contributed by atoms with van der Waals surface area (Å²) in [7, 11) is -3.21. The van der Waals surface area contributed by atoms with Crippen LogP contribution in [0.25, 0.3) is 0 Å². The zero-order chi connectivity index (χ0) is 15.9. The van der Waals surface area contributed by atoms with Crippen molar-refractivity contribution in [1.82, 2.24) is 9.80 Å². The monoisotopic (exact) mass is 338 g/mol. The quantitative estimate of drug-likeness (QED) is 0.665. The fourth-order valence-electron chi connectivity index (χ4n) is 6.27. The van der Waals surface area contributed by atoms with Crippen molar-refractivity contribution in [2.75, 3.05) is 18.1 Å². The second-order valence-electron chi connectivity index (χ2n) is 8.04. The lowest BCUT2D eigenvalue weighted by Crippen LogP contribution is -2.48. The van der Waals surface area contributed by atoms with Crippen LogP contribution in [0.1, 0.15) is 32.1 Å². The van der Waals surface area contributed by atoms with Crippen molar-refractivity contribution in [3.8, 4) is 0 Å². The van der Waals surface area contributed by atoms with Gasteiger partial charge in [0.25, 0.3) is 5.91 Å². The van der Waals surface area contributed by atoms with Gasteiger partial charge in [-0.15, -0.1) is 0 Å². The number of hydrogen-bond acceptors (Lipinski definition) is 4. The van der Waals surface area contributed by atoms with Gasteiger partial charge in [-0.2, -0.15) is 0 Å². The van der Waals surface area contributed by atoms with Crippen molar-refractivity contribution in [1.29, 1.82) is 0 Å². The van der Waals surface area contributed by atoms with Crippen LogP contribution in [-0.2, 0) is 14.6 Å². The van der Waals surface area contributed by atoms with Crippen molar-refractivity contribution >= 4 is 21.8 Å². The van der Waals surface area contributed by atoms with E-state index in [1.807, 2.05) is 0 Å². The first-order chi connectivity index (χ1) is 11.0. The van der Waals surface area contributed by atoms with Gasteiger partial charge in [0.05, 0.1) is 11.5 Å². The molecule has 3 aliphatic carbocycles. The Labute approximate surface area is 136 Å². The van der Waals surface area contributed by atoms with Gasteiger partial charge in [0.15, 0.2) is 9.84 Å². The van der Waals surface area contributed by atoms with E-state index in [4.69, 9.17) is 0 Å². The van der Waals surface area contributed by atoms with Crippen LogP contribution in [0.4, 0.5) is 4.79 Å². The fourth-order valence-corrected chi connectivity index (χ4v) is 7.71. The van der Waals surface area contributed by atoms with Crippen molar-refractivity contribution in [2.45, 2.75) is 44.2 Å². The van der Waals surface area contributed by atoms with Gasteiger partial charge in [0, 0.05) is 12.6 Å². The highest BCUT2D eigenvalue weighted by Gasteiger charge is 2.60. The van der Waals surface area contributed by atoms with E-state index < -0.39 is 15.9 Å². The molecule has 5 aliphatic rings. The second kappa shape index (κ2) is 4.49. The topological polar surface area (TPSA) is 74.8 Å². The Kier molecular flexibility index (Phi) is 2.78. The zero-order valence-electron chi connectivity index (χ0n) is 13.1. The summed E-state index contributed by atoms with van der Waals surface area (Å²) in [5.41, 5.74) is 0. The SMILES string of the molecule is O=C1C2CS(=O)(=O)CCN2C(=O)N1C1CC2CC1C1CCCC21. The first-order valence-electron chi connectivity index (χ1n) is 8.80. The lowest BCUT2D eigenvalue weighted by atomic mass is 9.78. The van der Waals surface area contributed by atoms with E-state index in [-0.39, 0.29) is 36.0 Å². The van der Waals surface area contributed by atoms with E-state index in [1.165, 1.54) is 29.1 Å². The van der Waals surface area contributed by atoms with Crippen LogP contribution in [0.3, 0.4) is 0 Å². The molecule has 126 valence electrons. The minimum Gasteiger partial charge on any atom is -0.310 e. The average molecular weight is 338 g/mol. The molecule has 0 aromatic carbocycles. The minimum absolute atomic E-state index is 0.0161. The van der Waals surface area contributed by atoms with Crippen LogP contribution < -0.4 is 0 Å². The van der Waals surface area contributed by atoms with E-state index in [2.05, 4.69) is 0 Å². The number of rotatable bonds is 1. The fraction of sp³-hybridized carbons (Fsp3) is 0.875. The highest BCUT2D eigenvalue weighted by atomic mass is 32.2. The molecular weight excluding hydrogens is 316 g/mol. The molecule has 7 heteroatoms. The maximum atomic E-state index is 12.8. The molecule has 2 saturated heterocycles. The first kappa shape index (κ1) is 14.3. The smallest absolute Gasteiger partial charge is 0.310 e. The predicted octanol–water partition coefficient (Wildman–Crippen LogP) is 0.872. The summed E-state index contributed by atoms with van der Waals surface area (Å²) < 4.78 is 23.7. The Bertz CT molecular complexity index is 690. The van der Waals surface area contributed by atoms with E-state index in [1.54, 1.807) is 0 Å². The van der Waals surface area contributed by atoms with Crippen molar-refractivity contribution in [3.05, 3.63) is 0 Å². The van der Waals surface area contributed by atoms with Crippen molar-refractivity contribution in [2.24, 2.45) is 23.7 Å². The normalized spacial score (nSPS) is 47.3. The number of fused-ring (bicyclic) bond motifs is 6. The zero-order valence-corrected chi connectivity index (χ0v) is 13.9. The Morgan fingerprint density at radius 1 is 1.00 bits per heavy atom. The van der Waals surface area contributed by atoms with Crippen LogP contribution in [0.5, 0.6) is 0 Å². The molecule has 23 heavy (non-hydrogen) atoms. The van der Waals surface area contributed by atoms with Gasteiger partial charge in [-0.05, 0) is 49.4 Å². The van der Waals surface area contributed by atoms with Gasteiger partial charge in [0.2, 0.25) is 0 Å². The Hall–Kier alpha value is -1.11. The standard InChI is InChI=1S/C16H22N2O4S/c19-15-14-8-23(21,22)5-4-17(14)16(20)18(15)13-7-9-6-12(13)11-3-1-2-10(9)11/h9-14H,1-8H2. The maximum absolute atomic E-state index is 12.8. The Morgan fingerprint density at radius 2 is 1.78 bits per heavy atom. The number of imide groups is 1. The number of carbonyl (C=O) groups excluding carboxylic acids is 2. The van der Waals surface area contributed by atoms with Crippen LogP contribution >= 0.6 is 0 Å². The van der Waals surface area contributed by atoms with Crippen molar-refractivity contribution < 1.29 is 18.0 Å². The Balaban J connectivity index is 1.44. The Morgan fingerprint density at radius 3 is 2.61 bits per heavy atom. The molecule has 0 radical (unpaired) electrons. The van der Waals surface area contributed by atoms with E-state index >= 15 is 0 Å². The molecule has 6 nitrogen and oxygen atoms in total. The van der Waals surface area contributed by atoms with E-state index in [9.17, 15) is 18.0 Å². The molecule has 5 fully saturated rings. The molecule has 5 rings (SSSR count). The predicted molar refractivity (Wildman–Crippen MR) is 82.2 cm³/mol. The largest absolute Gasteiger partial charge is 0.327 e. The molecule has 2 heterocycles. The van der Waals surface area contributed by atoms with E-state index in [0.29, 0.717) is 17.8 Å². The summed E-state index contributed by atoms with van der Waals surface area (Å²) in [6.45, 7) is 0.168. The average Bonchev–Trinajstić information content (AvgIpc) is 3.21. The summed E-state index contributed by atoms with van der Waals surface area (Å²) in [5.74, 6) is 2.15. The number of hydrogen-bond donors (Lipinski definition) is 0. The van der Waals surface area contributed by atoms with Crippen LogP contribution in [0.15, 0.2) is 0 Å². The molecule has 2 bridgehead atoms. The molecule has 0 aromatic heterocycles. The van der Waals surface area contributed by atoms with Gasteiger partial charge in [-0.25, -0.2) is 13.2 Å². The third kappa shape index (κ3) is 1.83. The van der Waals surface area contributed by atoms with Crippen LogP contribution in [-0.4, -0.2) is 60.3 Å². The van der Waals surface area contributed by atoms with Crippen LogP contribution in [0.2, 0.25) is 0 Å². The molecule has 3 saturated carbocycles. The van der Waals surface area contributed by atoms with Gasteiger partial charge in [-0.3, -0.25) is 9.69 Å². The lowest BCUT2D eigenvalue weighted by Gasteiger charge is -2.35. The molecular formula is C16H22N2O4S. The molecule has 0 spiro atoms. The summed E-state index contributed by atoms with van der Waals surface area (Å²) in [5, 5.41) is 0. The number of urea groups is 1. The summed E-state index contributed by atoms with van der Waals surface area (Å²) in [4.78, 5) is 28.5. The third-order valence-corrected chi connectivity index (χ3v) is 8.76. The van der Waals surface area contributed by atoms with Gasteiger partial charge < -0.3 is 4.90 Å². The number of sulfone groups is 1. The molecule has 6 atom stereocenters. The van der Waals surface area contributed by atoms with Gasteiger partial charge in [-0.1, -0.05) is 6.42 Å². The number of amides is 3. The number of carbonyl (C=O) groups is 2.